The van der Waals surface area contributed by atoms with Crippen LogP contribution in [0.3, 0.4) is 0 Å². The Morgan fingerprint density at radius 1 is 0.792 bits per heavy atom. The topological polar surface area (TPSA) is 101 Å². The van der Waals surface area contributed by atoms with Crippen LogP contribution in [0.15, 0.2) is 0 Å². The molecule has 0 radical (unpaired) electrons. The maximum absolute atomic E-state index is 10.3. The van der Waals surface area contributed by atoms with Gasteiger partial charge in [0.15, 0.2) is 0 Å². The Hall–Kier alpha value is -0.660. The maximum atomic E-state index is 10.3. The molecule has 0 aliphatic carbocycles. The molecule has 2 N–H and O–H groups in total. The quantitative estimate of drug-likeness (QED) is 0.312. The van der Waals surface area contributed by atoms with Gasteiger partial charge in [-0.3, -0.25) is 13.5 Å². The van der Waals surface area contributed by atoms with Crippen molar-refractivity contribution in [2.75, 3.05) is 7.11 Å². The van der Waals surface area contributed by atoms with Crippen LogP contribution in [0.5, 0.6) is 0 Å². The van der Waals surface area contributed by atoms with E-state index in [1.54, 1.807) is 0 Å². The zero-order valence-corrected chi connectivity index (χ0v) is 16.2. The van der Waals surface area contributed by atoms with Crippen LogP contribution in [0.2, 0.25) is 0 Å². The summed E-state index contributed by atoms with van der Waals surface area (Å²) >= 11 is 0. The SMILES string of the molecule is CCCCCCCCCCCCCCCC(=O)O.COS(=O)(=O)O. The van der Waals surface area contributed by atoms with Crippen molar-refractivity contribution in [1.82, 2.24) is 0 Å². The van der Waals surface area contributed by atoms with Crippen LogP contribution in [0.25, 0.3) is 0 Å². The summed E-state index contributed by atoms with van der Waals surface area (Å²) in [6, 6.07) is 0. The number of rotatable bonds is 15. The Kier molecular flexibility index (Phi) is 19.9. The number of carboxylic acid groups (broad SMARTS) is 1. The largest absolute Gasteiger partial charge is 0.481 e. The third-order valence-corrected chi connectivity index (χ3v) is 4.13. The Bertz CT molecular complexity index is 367. The normalized spacial score (nSPS) is 11.0. The molecule has 0 aliphatic rings. The molecule has 0 amide bonds. The van der Waals surface area contributed by atoms with Gasteiger partial charge in [0.2, 0.25) is 0 Å². The molecule has 0 aromatic rings. The van der Waals surface area contributed by atoms with Gasteiger partial charge >= 0.3 is 16.4 Å². The fourth-order valence-electron chi connectivity index (χ4n) is 2.29. The van der Waals surface area contributed by atoms with E-state index in [1.165, 1.54) is 70.6 Å². The van der Waals surface area contributed by atoms with Crippen molar-refractivity contribution >= 4 is 16.4 Å². The zero-order valence-electron chi connectivity index (χ0n) is 15.3. The molecule has 0 unspecified atom stereocenters. The Balaban J connectivity index is 0. The molecule has 0 rings (SSSR count). The fraction of sp³-hybridized carbons (Fsp3) is 0.941. The molecule has 0 heterocycles. The minimum atomic E-state index is -4.16. The van der Waals surface area contributed by atoms with Gasteiger partial charge in [0.25, 0.3) is 0 Å². The van der Waals surface area contributed by atoms with E-state index in [0.29, 0.717) is 6.42 Å². The molecule has 7 heteroatoms. The molecule has 6 nitrogen and oxygen atoms in total. The van der Waals surface area contributed by atoms with Gasteiger partial charge in [-0.1, -0.05) is 84.0 Å². The Morgan fingerprint density at radius 2 is 1.08 bits per heavy atom. The van der Waals surface area contributed by atoms with Crippen molar-refractivity contribution in [3.8, 4) is 0 Å². The number of unbranched alkanes of at least 4 members (excludes halogenated alkanes) is 12. The van der Waals surface area contributed by atoms with Gasteiger partial charge in [0.1, 0.15) is 0 Å². The highest BCUT2D eigenvalue weighted by Gasteiger charge is 1.97. The molecule has 146 valence electrons. The summed E-state index contributed by atoms with van der Waals surface area (Å²) in [7, 11) is -3.29. The van der Waals surface area contributed by atoms with Crippen molar-refractivity contribution in [2.45, 2.75) is 96.8 Å². The van der Waals surface area contributed by atoms with E-state index >= 15 is 0 Å². The first-order valence-corrected chi connectivity index (χ1v) is 10.4. The lowest BCUT2D eigenvalue weighted by Crippen LogP contribution is -1.96. The third-order valence-electron chi connectivity index (χ3n) is 3.70. The lowest BCUT2D eigenvalue weighted by molar-refractivity contribution is -0.137. The van der Waals surface area contributed by atoms with E-state index in [9.17, 15) is 13.2 Å². The molecule has 0 atom stereocenters. The number of aliphatic carboxylic acids is 1. The van der Waals surface area contributed by atoms with Crippen LogP contribution in [0.4, 0.5) is 0 Å². The first-order chi connectivity index (χ1) is 11.3. The number of hydrogen-bond acceptors (Lipinski definition) is 4. The monoisotopic (exact) mass is 368 g/mol. The van der Waals surface area contributed by atoms with E-state index in [1.807, 2.05) is 0 Å². The molecule has 24 heavy (non-hydrogen) atoms. The van der Waals surface area contributed by atoms with Crippen LogP contribution in [-0.4, -0.2) is 31.2 Å². The van der Waals surface area contributed by atoms with Gasteiger partial charge in [-0.25, -0.2) is 0 Å². The number of carboxylic acids is 1. The van der Waals surface area contributed by atoms with Crippen molar-refractivity contribution in [3.63, 3.8) is 0 Å². The summed E-state index contributed by atoms with van der Waals surface area (Å²) in [4.78, 5) is 10.3. The Morgan fingerprint density at radius 3 is 1.33 bits per heavy atom. The molecule has 0 spiro atoms. The van der Waals surface area contributed by atoms with Crippen molar-refractivity contribution in [3.05, 3.63) is 0 Å². The molecule has 0 bridgehead atoms. The highest BCUT2D eigenvalue weighted by atomic mass is 32.3. The minimum Gasteiger partial charge on any atom is -0.481 e. The van der Waals surface area contributed by atoms with E-state index in [0.717, 1.165) is 20.0 Å². The van der Waals surface area contributed by atoms with Gasteiger partial charge < -0.3 is 5.11 Å². The Labute approximate surface area is 147 Å². The summed E-state index contributed by atoms with van der Waals surface area (Å²) < 4.78 is 29.7. The molecule has 0 aromatic heterocycles. The summed E-state index contributed by atoms with van der Waals surface area (Å²) in [6.07, 6.45) is 17.3. The molecular formula is C17H36O6S. The summed E-state index contributed by atoms with van der Waals surface area (Å²) in [5, 5.41) is 8.49. The average molecular weight is 369 g/mol. The van der Waals surface area contributed by atoms with Crippen molar-refractivity contribution in [1.29, 1.82) is 0 Å². The smallest absolute Gasteiger partial charge is 0.397 e. The number of hydrogen-bond donors (Lipinski definition) is 2. The third kappa shape index (κ3) is 29.4. The standard InChI is InChI=1S/C16H32O2.CH4O4S/c1-2-3-4-5-6-7-8-9-10-11-12-13-14-15-16(17)18;1-5-6(2,3)4/h2-15H2,1H3,(H,17,18);1H3,(H,2,3,4). The molecular weight excluding hydrogens is 332 g/mol. The van der Waals surface area contributed by atoms with E-state index in [-0.39, 0.29) is 0 Å². The summed E-state index contributed by atoms with van der Waals surface area (Å²) in [5.74, 6) is -0.655. The van der Waals surface area contributed by atoms with E-state index < -0.39 is 16.4 Å². The summed E-state index contributed by atoms with van der Waals surface area (Å²) in [5.41, 5.74) is 0. The van der Waals surface area contributed by atoms with Crippen LogP contribution < -0.4 is 0 Å². The lowest BCUT2D eigenvalue weighted by Gasteiger charge is -2.02. The molecule has 0 aromatic carbocycles. The van der Waals surface area contributed by atoms with Crippen molar-refractivity contribution < 1.29 is 27.1 Å². The lowest BCUT2D eigenvalue weighted by atomic mass is 10.0. The van der Waals surface area contributed by atoms with Crippen LogP contribution in [0, 0.1) is 0 Å². The first-order valence-electron chi connectivity index (χ1n) is 9.08. The second-order valence-corrected chi connectivity index (χ2v) is 7.17. The maximum Gasteiger partial charge on any atom is 0.397 e. The predicted molar refractivity (Wildman–Crippen MR) is 96.5 cm³/mol. The second kappa shape index (κ2) is 18.7. The van der Waals surface area contributed by atoms with E-state index in [4.69, 9.17) is 9.66 Å². The minimum absolute atomic E-state index is 0.345. The molecule has 0 saturated heterocycles. The van der Waals surface area contributed by atoms with Gasteiger partial charge in [-0.05, 0) is 6.42 Å². The fourth-order valence-corrected chi connectivity index (χ4v) is 2.29. The van der Waals surface area contributed by atoms with Gasteiger partial charge in [0, 0.05) is 6.42 Å². The first kappa shape index (κ1) is 25.6. The summed E-state index contributed by atoms with van der Waals surface area (Å²) in [6.45, 7) is 2.26. The van der Waals surface area contributed by atoms with Crippen LogP contribution in [0.1, 0.15) is 96.8 Å². The molecule has 0 fully saturated rings. The van der Waals surface area contributed by atoms with Crippen molar-refractivity contribution in [2.24, 2.45) is 0 Å². The van der Waals surface area contributed by atoms with Gasteiger partial charge in [-0.2, -0.15) is 8.42 Å². The average Bonchev–Trinajstić information content (AvgIpc) is 2.51. The highest BCUT2D eigenvalue weighted by molar-refractivity contribution is 7.80. The second-order valence-electron chi connectivity index (χ2n) is 5.98. The molecule has 0 aliphatic heterocycles. The van der Waals surface area contributed by atoms with Crippen LogP contribution >= 0.6 is 0 Å². The number of carbonyl (C=O) groups is 1. The highest BCUT2D eigenvalue weighted by Crippen LogP contribution is 2.12. The predicted octanol–water partition coefficient (Wildman–Crippen LogP) is 4.99. The van der Waals surface area contributed by atoms with Gasteiger partial charge in [0.05, 0.1) is 7.11 Å². The van der Waals surface area contributed by atoms with Crippen LogP contribution in [-0.2, 0) is 19.4 Å². The zero-order chi connectivity index (χ0) is 18.7. The molecule has 0 saturated carbocycles. The van der Waals surface area contributed by atoms with Gasteiger partial charge in [-0.15, -0.1) is 0 Å². The van der Waals surface area contributed by atoms with E-state index in [2.05, 4.69) is 11.1 Å².